The SMILES string of the molecule is O=C([C@H](O)c1ccccc1Cl)N(CCO)CCc1ccccc1. The third-order valence-electron chi connectivity index (χ3n) is 3.63. The largest absolute Gasteiger partial charge is 0.395 e. The normalized spacial score (nSPS) is 12.0. The van der Waals surface area contributed by atoms with Crippen molar-refractivity contribution in [3.8, 4) is 0 Å². The van der Waals surface area contributed by atoms with E-state index in [1.807, 2.05) is 30.3 Å². The highest BCUT2D eigenvalue weighted by atomic mass is 35.5. The van der Waals surface area contributed by atoms with E-state index in [0.29, 0.717) is 23.6 Å². The second kappa shape index (κ2) is 8.67. The molecule has 0 saturated heterocycles. The zero-order valence-corrected chi connectivity index (χ0v) is 13.5. The van der Waals surface area contributed by atoms with Gasteiger partial charge in [0.1, 0.15) is 0 Å². The van der Waals surface area contributed by atoms with Gasteiger partial charge in [-0.05, 0) is 18.1 Å². The molecule has 2 N–H and O–H groups in total. The molecule has 1 atom stereocenters. The molecule has 0 aliphatic rings. The van der Waals surface area contributed by atoms with E-state index in [1.165, 1.54) is 4.90 Å². The second-order valence-electron chi connectivity index (χ2n) is 5.21. The molecule has 2 aromatic rings. The van der Waals surface area contributed by atoms with Crippen LogP contribution in [0.4, 0.5) is 0 Å². The van der Waals surface area contributed by atoms with Crippen molar-refractivity contribution < 1.29 is 15.0 Å². The third-order valence-corrected chi connectivity index (χ3v) is 3.97. The van der Waals surface area contributed by atoms with Crippen LogP contribution >= 0.6 is 11.6 Å². The molecule has 0 aliphatic carbocycles. The summed E-state index contributed by atoms with van der Waals surface area (Å²) in [7, 11) is 0. The molecule has 122 valence electrons. The Morgan fingerprint density at radius 3 is 2.35 bits per heavy atom. The fourth-order valence-corrected chi connectivity index (χ4v) is 2.60. The minimum atomic E-state index is -1.33. The molecule has 2 aromatic carbocycles. The molecule has 5 heteroatoms. The minimum absolute atomic E-state index is 0.157. The van der Waals surface area contributed by atoms with Crippen LogP contribution in [0, 0.1) is 0 Å². The zero-order chi connectivity index (χ0) is 16.7. The Bertz CT molecular complexity index is 633. The summed E-state index contributed by atoms with van der Waals surface area (Å²) in [5, 5.41) is 19.8. The van der Waals surface area contributed by atoms with E-state index in [9.17, 15) is 15.0 Å². The number of nitrogens with zero attached hydrogens (tertiary/aromatic N) is 1. The summed E-state index contributed by atoms with van der Waals surface area (Å²) in [5.41, 5.74) is 1.47. The van der Waals surface area contributed by atoms with E-state index < -0.39 is 12.0 Å². The van der Waals surface area contributed by atoms with Gasteiger partial charge in [-0.2, -0.15) is 0 Å². The van der Waals surface area contributed by atoms with Crippen molar-refractivity contribution in [2.24, 2.45) is 0 Å². The summed E-state index contributed by atoms with van der Waals surface area (Å²) in [5.74, 6) is -0.455. The minimum Gasteiger partial charge on any atom is -0.395 e. The highest BCUT2D eigenvalue weighted by molar-refractivity contribution is 6.31. The van der Waals surface area contributed by atoms with E-state index in [4.69, 9.17) is 11.6 Å². The van der Waals surface area contributed by atoms with Gasteiger partial charge in [-0.1, -0.05) is 60.1 Å². The van der Waals surface area contributed by atoms with E-state index in [0.717, 1.165) is 5.56 Å². The number of amides is 1. The van der Waals surface area contributed by atoms with Gasteiger partial charge in [-0.25, -0.2) is 0 Å². The summed E-state index contributed by atoms with van der Waals surface area (Å²) in [4.78, 5) is 14.0. The standard InChI is InChI=1S/C18H20ClNO3/c19-16-9-5-4-8-15(16)17(22)18(23)20(12-13-21)11-10-14-6-2-1-3-7-14/h1-9,17,21-22H,10-13H2/t17-/m1/s1. The van der Waals surface area contributed by atoms with Crippen molar-refractivity contribution in [1.29, 1.82) is 0 Å². The van der Waals surface area contributed by atoms with Crippen molar-refractivity contribution in [2.75, 3.05) is 19.7 Å². The van der Waals surface area contributed by atoms with Crippen LogP contribution in [-0.4, -0.2) is 40.7 Å². The number of carbonyl (C=O) groups excluding carboxylic acids is 1. The van der Waals surface area contributed by atoms with Gasteiger partial charge >= 0.3 is 0 Å². The Balaban J connectivity index is 2.07. The number of hydrogen-bond acceptors (Lipinski definition) is 3. The smallest absolute Gasteiger partial charge is 0.256 e. The van der Waals surface area contributed by atoms with E-state index in [2.05, 4.69) is 0 Å². The molecule has 0 spiro atoms. The lowest BCUT2D eigenvalue weighted by Crippen LogP contribution is -2.38. The van der Waals surface area contributed by atoms with Crippen molar-refractivity contribution in [3.63, 3.8) is 0 Å². The summed E-state index contributed by atoms with van der Waals surface area (Å²) < 4.78 is 0. The molecule has 0 radical (unpaired) electrons. The van der Waals surface area contributed by atoms with Crippen LogP contribution < -0.4 is 0 Å². The van der Waals surface area contributed by atoms with Crippen molar-refractivity contribution in [3.05, 3.63) is 70.7 Å². The summed E-state index contributed by atoms with van der Waals surface area (Å²) >= 11 is 6.04. The Labute approximate surface area is 140 Å². The third kappa shape index (κ3) is 4.79. The van der Waals surface area contributed by atoms with Crippen molar-refractivity contribution in [1.82, 2.24) is 4.90 Å². The number of hydrogen-bond donors (Lipinski definition) is 2. The molecule has 2 rings (SSSR count). The first-order valence-electron chi connectivity index (χ1n) is 7.49. The highest BCUT2D eigenvalue weighted by Gasteiger charge is 2.24. The van der Waals surface area contributed by atoms with Crippen molar-refractivity contribution in [2.45, 2.75) is 12.5 Å². The van der Waals surface area contributed by atoms with E-state index >= 15 is 0 Å². The lowest BCUT2D eigenvalue weighted by molar-refractivity contribution is -0.141. The number of halogens is 1. The quantitative estimate of drug-likeness (QED) is 0.818. The molecule has 0 aliphatic heterocycles. The van der Waals surface area contributed by atoms with Gasteiger partial charge in [-0.15, -0.1) is 0 Å². The first kappa shape index (κ1) is 17.5. The molecular weight excluding hydrogens is 314 g/mol. The first-order chi connectivity index (χ1) is 11.1. The Morgan fingerprint density at radius 2 is 1.70 bits per heavy atom. The maximum atomic E-state index is 12.5. The average molecular weight is 334 g/mol. The van der Waals surface area contributed by atoms with Crippen LogP contribution in [0.15, 0.2) is 54.6 Å². The fraction of sp³-hybridized carbons (Fsp3) is 0.278. The molecule has 23 heavy (non-hydrogen) atoms. The number of rotatable bonds is 7. The topological polar surface area (TPSA) is 60.8 Å². The molecule has 1 amide bonds. The van der Waals surface area contributed by atoms with Gasteiger partial charge in [0.15, 0.2) is 6.10 Å². The van der Waals surface area contributed by atoms with Crippen molar-refractivity contribution >= 4 is 17.5 Å². The lowest BCUT2D eigenvalue weighted by Gasteiger charge is -2.25. The second-order valence-corrected chi connectivity index (χ2v) is 5.62. The predicted molar refractivity (Wildman–Crippen MR) is 90.2 cm³/mol. The fourth-order valence-electron chi connectivity index (χ4n) is 2.36. The van der Waals surface area contributed by atoms with Gasteiger partial charge < -0.3 is 15.1 Å². The van der Waals surface area contributed by atoms with E-state index in [-0.39, 0.29) is 13.2 Å². The summed E-state index contributed by atoms with van der Waals surface area (Å²) in [6.07, 6.45) is -0.673. The van der Waals surface area contributed by atoms with Gasteiger partial charge in [0.25, 0.3) is 5.91 Å². The molecule has 0 heterocycles. The maximum Gasteiger partial charge on any atom is 0.256 e. The summed E-state index contributed by atoms with van der Waals surface area (Å²) in [6, 6.07) is 16.5. The molecule has 0 unspecified atom stereocenters. The number of aliphatic hydroxyl groups is 2. The molecule has 0 aromatic heterocycles. The first-order valence-corrected chi connectivity index (χ1v) is 7.87. The van der Waals surface area contributed by atoms with E-state index in [1.54, 1.807) is 24.3 Å². The predicted octanol–water partition coefficient (Wildman–Crippen LogP) is 2.44. The van der Waals surface area contributed by atoms with Crippen LogP contribution in [0.2, 0.25) is 5.02 Å². The highest BCUT2D eigenvalue weighted by Crippen LogP contribution is 2.24. The summed E-state index contributed by atoms with van der Waals surface area (Å²) in [6.45, 7) is 0.438. The van der Waals surface area contributed by atoms with Crippen LogP contribution in [0.3, 0.4) is 0 Å². The zero-order valence-electron chi connectivity index (χ0n) is 12.7. The van der Waals surface area contributed by atoms with Crippen LogP contribution in [0.25, 0.3) is 0 Å². The van der Waals surface area contributed by atoms with Crippen LogP contribution in [-0.2, 0) is 11.2 Å². The van der Waals surface area contributed by atoms with Crippen LogP contribution in [0.5, 0.6) is 0 Å². The molecule has 0 saturated carbocycles. The average Bonchev–Trinajstić information content (AvgIpc) is 2.58. The Morgan fingerprint density at radius 1 is 1.04 bits per heavy atom. The number of benzene rings is 2. The van der Waals surface area contributed by atoms with Gasteiger partial charge in [0.2, 0.25) is 0 Å². The Kier molecular flexibility index (Phi) is 6.59. The lowest BCUT2D eigenvalue weighted by atomic mass is 10.1. The molecule has 4 nitrogen and oxygen atoms in total. The molecule has 0 bridgehead atoms. The maximum absolute atomic E-state index is 12.5. The number of carbonyl (C=O) groups is 1. The van der Waals surface area contributed by atoms with Gasteiger partial charge in [0, 0.05) is 23.7 Å². The monoisotopic (exact) mass is 333 g/mol. The molecule has 0 fully saturated rings. The van der Waals surface area contributed by atoms with Gasteiger partial charge in [0.05, 0.1) is 6.61 Å². The number of aliphatic hydroxyl groups excluding tert-OH is 2. The Hall–Kier alpha value is -1.88. The van der Waals surface area contributed by atoms with Crippen LogP contribution in [0.1, 0.15) is 17.2 Å². The van der Waals surface area contributed by atoms with Gasteiger partial charge in [-0.3, -0.25) is 4.79 Å². The molecular formula is C18H20ClNO3.